The number of hydrogen-bond donors (Lipinski definition) is 0. The summed E-state index contributed by atoms with van der Waals surface area (Å²) >= 11 is 5.98. The smallest absolute Gasteiger partial charge is 0.182 e. The van der Waals surface area contributed by atoms with E-state index in [9.17, 15) is 4.39 Å². The van der Waals surface area contributed by atoms with Gasteiger partial charge in [0.15, 0.2) is 5.65 Å². The van der Waals surface area contributed by atoms with E-state index in [2.05, 4.69) is 21.5 Å². The Kier molecular flexibility index (Phi) is 7.14. The van der Waals surface area contributed by atoms with Crippen molar-refractivity contribution in [3.63, 3.8) is 0 Å². The maximum Gasteiger partial charge on any atom is 0.182 e. The number of fused-ring (bicyclic) bond motifs is 1. The zero-order valence-corrected chi connectivity index (χ0v) is 20.5. The van der Waals surface area contributed by atoms with Crippen molar-refractivity contribution in [2.75, 3.05) is 6.61 Å². The lowest BCUT2D eigenvalue weighted by molar-refractivity contribution is 0.0301. The molecule has 0 N–H and O–H groups in total. The molecule has 8 heteroatoms. The molecule has 3 heterocycles. The molecule has 6 nitrogen and oxygen atoms in total. The highest BCUT2D eigenvalue weighted by Gasteiger charge is 2.28. The number of aromatic nitrogens is 4. The van der Waals surface area contributed by atoms with Crippen LogP contribution in [0, 0.1) is 19.7 Å². The van der Waals surface area contributed by atoms with Gasteiger partial charge in [-0.2, -0.15) is 0 Å². The highest BCUT2D eigenvalue weighted by Crippen LogP contribution is 2.35. The fourth-order valence-electron chi connectivity index (χ4n) is 3.86. The van der Waals surface area contributed by atoms with Gasteiger partial charge in [-0.25, -0.2) is 24.3 Å². The first kappa shape index (κ1) is 24.1. The Bertz CT molecular complexity index is 1320. The summed E-state index contributed by atoms with van der Waals surface area (Å²) in [4.78, 5) is 23.1. The second-order valence-electron chi connectivity index (χ2n) is 8.67. The summed E-state index contributed by atoms with van der Waals surface area (Å²) in [5.41, 5.74) is 4.98. The number of aryl methyl sites for hydroxylation is 2. The van der Waals surface area contributed by atoms with E-state index in [1.54, 1.807) is 18.3 Å². The Hall–Kier alpha value is -3.03. The van der Waals surface area contributed by atoms with Gasteiger partial charge in [0.25, 0.3) is 0 Å². The van der Waals surface area contributed by atoms with Gasteiger partial charge in [-0.15, -0.1) is 0 Å². The molecule has 3 aromatic rings. The van der Waals surface area contributed by atoms with Gasteiger partial charge < -0.3 is 4.74 Å². The molecule has 0 spiro atoms. The van der Waals surface area contributed by atoms with Crippen LogP contribution in [0.5, 0.6) is 0 Å². The highest BCUT2D eigenvalue weighted by molar-refractivity contribution is 6.30. The molecule has 0 saturated carbocycles. The van der Waals surface area contributed by atoms with Crippen LogP contribution in [0.1, 0.15) is 49.8 Å². The summed E-state index contributed by atoms with van der Waals surface area (Å²) in [7, 11) is 0. The van der Waals surface area contributed by atoms with Crippen LogP contribution in [0.2, 0.25) is 5.02 Å². The molecule has 1 aromatic carbocycles. The van der Waals surface area contributed by atoms with Crippen LogP contribution < -0.4 is 0 Å². The Balaban J connectivity index is 1.75. The third kappa shape index (κ3) is 5.21. The van der Waals surface area contributed by atoms with E-state index in [4.69, 9.17) is 26.3 Å². The average molecular weight is 480 g/mol. The standard InChI is InChI=1S/C26H27ClFN5O/c1-14(2)29-10-8-15(3)22-12-18(9-11-34-22)25-32-23(20-7-6-19(27)13-21(20)28)24-26(33-25)31-17(5)16(4)30-24/h6-8,10,13,18,22H,3,9,11-12H2,1-2,4-5H3/b10-8-/t18-,22+/m0/s1. The molecule has 4 rings (SSSR count). The normalized spacial score (nSPS) is 18.4. The van der Waals surface area contributed by atoms with Gasteiger partial charge in [-0.3, -0.25) is 4.99 Å². The van der Waals surface area contributed by atoms with Crippen molar-refractivity contribution in [3.8, 4) is 11.3 Å². The van der Waals surface area contributed by atoms with Crippen molar-refractivity contribution in [2.45, 2.75) is 52.6 Å². The third-order valence-corrected chi connectivity index (χ3v) is 6.06. The molecule has 176 valence electrons. The number of benzene rings is 1. The second-order valence-corrected chi connectivity index (χ2v) is 9.11. The predicted octanol–water partition coefficient (Wildman–Crippen LogP) is 6.31. The lowest BCUT2D eigenvalue weighted by atomic mass is 9.91. The van der Waals surface area contributed by atoms with E-state index >= 15 is 0 Å². The lowest BCUT2D eigenvalue weighted by Gasteiger charge is -2.29. The minimum absolute atomic E-state index is 0.00207. The summed E-state index contributed by atoms with van der Waals surface area (Å²) in [6, 6.07) is 4.54. The third-order valence-electron chi connectivity index (χ3n) is 5.83. The van der Waals surface area contributed by atoms with Crippen LogP contribution >= 0.6 is 11.6 Å². The summed E-state index contributed by atoms with van der Waals surface area (Å²) in [6.45, 7) is 12.3. The fraction of sp³-hybridized carbons (Fsp3) is 0.346. The fourth-order valence-corrected chi connectivity index (χ4v) is 4.02. The van der Waals surface area contributed by atoms with Crippen LogP contribution in [0.3, 0.4) is 0 Å². The zero-order valence-electron chi connectivity index (χ0n) is 19.8. The Labute approximate surface area is 203 Å². The number of rotatable bonds is 5. The van der Waals surface area contributed by atoms with Crippen molar-refractivity contribution in [2.24, 2.45) is 4.99 Å². The van der Waals surface area contributed by atoms with Crippen molar-refractivity contribution >= 4 is 28.5 Å². The van der Waals surface area contributed by atoms with E-state index in [0.717, 1.165) is 29.1 Å². The van der Waals surface area contributed by atoms with Gasteiger partial charge in [0.05, 0.1) is 17.5 Å². The van der Waals surface area contributed by atoms with E-state index in [-0.39, 0.29) is 12.0 Å². The number of nitrogens with zero attached hydrogens (tertiary/aromatic N) is 5. The first-order valence-electron chi connectivity index (χ1n) is 11.2. The lowest BCUT2D eigenvalue weighted by Crippen LogP contribution is -2.26. The average Bonchev–Trinajstić information content (AvgIpc) is 2.79. The number of ether oxygens (including phenoxy) is 1. The molecule has 0 amide bonds. The molecular weight excluding hydrogens is 453 g/mol. The first-order valence-corrected chi connectivity index (χ1v) is 11.6. The maximum atomic E-state index is 14.9. The Morgan fingerprint density at radius 3 is 2.68 bits per heavy atom. The SMILES string of the molecule is C=C(/C=C\N=C(C)C)[C@H]1C[C@@H](c2nc(-c3ccc(Cl)cc3F)c3nc(C)c(C)nc3n2)CCO1. The Morgan fingerprint density at radius 2 is 1.94 bits per heavy atom. The van der Waals surface area contributed by atoms with Crippen LogP contribution in [0.15, 0.2) is 47.6 Å². The molecule has 2 atom stereocenters. The monoisotopic (exact) mass is 479 g/mol. The van der Waals surface area contributed by atoms with E-state index in [1.807, 2.05) is 33.8 Å². The minimum atomic E-state index is -0.464. The van der Waals surface area contributed by atoms with Crippen LogP contribution in [-0.2, 0) is 4.74 Å². The second kappa shape index (κ2) is 10.1. The van der Waals surface area contributed by atoms with Gasteiger partial charge >= 0.3 is 0 Å². The molecule has 0 unspecified atom stereocenters. The zero-order chi connectivity index (χ0) is 24.4. The number of halogens is 2. The predicted molar refractivity (Wildman–Crippen MR) is 134 cm³/mol. The molecular formula is C26H27ClFN5O. The molecule has 34 heavy (non-hydrogen) atoms. The van der Waals surface area contributed by atoms with E-state index in [1.165, 1.54) is 6.07 Å². The summed E-state index contributed by atoms with van der Waals surface area (Å²) in [6.07, 6.45) is 4.83. The quantitative estimate of drug-likeness (QED) is 0.316. The van der Waals surface area contributed by atoms with Gasteiger partial charge in [0.2, 0.25) is 0 Å². The molecule has 1 aliphatic rings. The van der Waals surface area contributed by atoms with Crippen molar-refractivity contribution in [3.05, 3.63) is 70.7 Å². The molecule has 0 radical (unpaired) electrons. The summed E-state index contributed by atoms with van der Waals surface area (Å²) in [5, 5.41) is 0.319. The molecule has 1 saturated heterocycles. The number of aliphatic imine (C=N–C) groups is 1. The van der Waals surface area contributed by atoms with Gasteiger partial charge in [-0.05, 0) is 70.4 Å². The maximum absolute atomic E-state index is 14.9. The van der Waals surface area contributed by atoms with Crippen LogP contribution in [0.25, 0.3) is 22.4 Å². The van der Waals surface area contributed by atoms with Gasteiger partial charge in [-0.1, -0.05) is 18.2 Å². The van der Waals surface area contributed by atoms with Crippen LogP contribution in [0.4, 0.5) is 4.39 Å². The first-order chi connectivity index (χ1) is 16.2. The van der Waals surface area contributed by atoms with Gasteiger partial charge in [0, 0.05) is 35.0 Å². The van der Waals surface area contributed by atoms with E-state index < -0.39 is 5.82 Å². The summed E-state index contributed by atoms with van der Waals surface area (Å²) in [5.74, 6) is 0.137. The molecule has 2 aromatic heterocycles. The topological polar surface area (TPSA) is 73.2 Å². The van der Waals surface area contributed by atoms with Crippen molar-refractivity contribution < 1.29 is 9.13 Å². The van der Waals surface area contributed by atoms with E-state index in [0.29, 0.717) is 46.3 Å². The van der Waals surface area contributed by atoms with Crippen molar-refractivity contribution in [1.29, 1.82) is 0 Å². The van der Waals surface area contributed by atoms with Crippen LogP contribution in [-0.4, -0.2) is 38.4 Å². The minimum Gasteiger partial charge on any atom is -0.374 e. The molecule has 1 fully saturated rings. The molecule has 0 bridgehead atoms. The number of hydrogen-bond acceptors (Lipinski definition) is 6. The largest absolute Gasteiger partial charge is 0.374 e. The summed E-state index contributed by atoms with van der Waals surface area (Å²) < 4.78 is 20.9. The Morgan fingerprint density at radius 1 is 1.18 bits per heavy atom. The molecule has 1 aliphatic heterocycles. The van der Waals surface area contributed by atoms with Gasteiger partial charge in [0.1, 0.15) is 22.9 Å². The van der Waals surface area contributed by atoms with Crippen molar-refractivity contribution in [1.82, 2.24) is 19.9 Å². The molecule has 0 aliphatic carbocycles. The highest BCUT2D eigenvalue weighted by atomic mass is 35.5.